The van der Waals surface area contributed by atoms with Gasteiger partial charge in [-0.3, -0.25) is 14.6 Å². The number of anilines is 1. The summed E-state index contributed by atoms with van der Waals surface area (Å²) in [5.74, 6) is 1.78. The zero-order valence-corrected chi connectivity index (χ0v) is 31.5. The number of carbonyl (C=O) groups excluding carboxylic acids is 1. The SMILES string of the molecule is C[C@@H]1[C@@H](C)CNC(=O)c2ccc3c(c2)N(C[C@@H]2CC[C@H]2[C@](O)(CN2CCN4CCOC[C@@H]4C2)C2=C[C@H]1C2)C[C@@]1(CCCc2c1ccc(Cl)c2F)CO3. The van der Waals surface area contributed by atoms with Crippen LogP contribution in [0.25, 0.3) is 0 Å². The van der Waals surface area contributed by atoms with Crippen LogP contribution in [0.4, 0.5) is 10.1 Å². The zero-order valence-electron chi connectivity index (χ0n) is 30.7. The Labute approximate surface area is 312 Å². The number of β-amino-alcohol motifs (C(OH)–C–C–N with tert-alkyl or cyclic N) is 1. The first-order chi connectivity index (χ1) is 25.1. The number of hydrogen-bond donors (Lipinski definition) is 2. The average molecular weight is 733 g/mol. The molecule has 0 unspecified atom stereocenters. The van der Waals surface area contributed by atoms with Crippen LogP contribution < -0.4 is 15.0 Å². The third-order valence-corrected chi connectivity index (χ3v) is 14.8. The largest absolute Gasteiger partial charge is 0.490 e. The summed E-state index contributed by atoms with van der Waals surface area (Å²) in [5, 5.41) is 16.6. The van der Waals surface area contributed by atoms with Crippen molar-refractivity contribution in [3.8, 4) is 5.75 Å². The molecule has 2 aromatic carbocycles. The number of carbonyl (C=O) groups is 1. The van der Waals surface area contributed by atoms with E-state index in [1.807, 2.05) is 24.3 Å². The maximum absolute atomic E-state index is 15.6. The Hall–Kier alpha value is -2.69. The van der Waals surface area contributed by atoms with Crippen LogP contribution in [0, 0.1) is 35.4 Å². The van der Waals surface area contributed by atoms with Crippen molar-refractivity contribution in [3.05, 3.63) is 69.5 Å². The molecule has 8 nitrogen and oxygen atoms in total. The predicted octanol–water partition coefficient (Wildman–Crippen LogP) is 5.69. The fourth-order valence-electron chi connectivity index (χ4n) is 10.8. The predicted molar refractivity (Wildman–Crippen MR) is 201 cm³/mol. The first kappa shape index (κ1) is 35.0. The van der Waals surface area contributed by atoms with Crippen molar-refractivity contribution in [3.63, 3.8) is 0 Å². The fourth-order valence-corrected chi connectivity index (χ4v) is 11.0. The van der Waals surface area contributed by atoms with E-state index in [4.69, 9.17) is 21.1 Å². The number of nitrogens with one attached hydrogen (secondary N) is 1. The number of allylic oxidation sites excluding steroid dienone is 1. The van der Waals surface area contributed by atoms with Crippen molar-refractivity contribution >= 4 is 23.2 Å². The van der Waals surface area contributed by atoms with Crippen LogP contribution in [0.5, 0.6) is 5.75 Å². The van der Waals surface area contributed by atoms with Crippen molar-refractivity contribution in [2.75, 3.05) is 77.1 Å². The number of rotatable bonds is 2. The molecule has 2 N–H and O–H groups in total. The molecule has 10 rings (SSSR count). The van der Waals surface area contributed by atoms with Crippen molar-refractivity contribution in [2.45, 2.75) is 69.4 Å². The third-order valence-electron chi connectivity index (χ3n) is 14.5. The summed E-state index contributed by atoms with van der Waals surface area (Å²) >= 11 is 6.31. The lowest BCUT2D eigenvalue weighted by Crippen LogP contribution is -2.63. The summed E-state index contributed by atoms with van der Waals surface area (Å²) in [7, 11) is 0. The van der Waals surface area contributed by atoms with Crippen molar-refractivity contribution in [2.24, 2.45) is 29.6 Å². The van der Waals surface area contributed by atoms with E-state index in [1.54, 1.807) is 6.07 Å². The number of hydrogen-bond acceptors (Lipinski definition) is 7. The summed E-state index contributed by atoms with van der Waals surface area (Å²) in [4.78, 5) is 21.1. The van der Waals surface area contributed by atoms with Crippen molar-refractivity contribution in [1.82, 2.24) is 15.1 Å². The molecule has 8 atom stereocenters. The molecule has 5 heterocycles. The lowest BCUT2D eigenvalue weighted by Gasteiger charge is -2.55. The van der Waals surface area contributed by atoms with E-state index in [9.17, 15) is 9.90 Å². The van der Waals surface area contributed by atoms with Crippen LogP contribution in [0.3, 0.4) is 0 Å². The minimum atomic E-state index is -0.909. The highest BCUT2D eigenvalue weighted by atomic mass is 35.5. The van der Waals surface area contributed by atoms with Gasteiger partial charge in [-0.25, -0.2) is 4.39 Å². The first-order valence-electron chi connectivity index (χ1n) is 19.9. The highest BCUT2D eigenvalue weighted by Gasteiger charge is 2.53. The number of halogens is 2. The molecule has 1 spiro atoms. The topological polar surface area (TPSA) is 77.5 Å². The van der Waals surface area contributed by atoms with Gasteiger partial charge in [0.15, 0.2) is 0 Å². The number of piperazine rings is 1. The number of morpholine rings is 1. The van der Waals surface area contributed by atoms with E-state index in [0.29, 0.717) is 61.7 Å². The molecule has 1 saturated carbocycles. The Balaban J connectivity index is 1.09. The highest BCUT2D eigenvalue weighted by molar-refractivity contribution is 6.30. The smallest absolute Gasteiger partial charge is 0.251 e. The number of aliphatic hydroxyl groups is 1. The zero-order chi connectivity index (χ0) is 35.8. The number of ether oxygens (including phenoxy) is 2. The highest BCUT2D eigenvalue weighted by Crippen LogP contribution is 2.53. The number of nitrogens with zero attached hydrogens (tertiary/aromatic N) is 3. The molecule has 5 aliphatic heterocycles. The van der Waals surface area contributed by atoms with Crippen LogP contribution in [0.15, 0.2) is 42.0 Å². The Bertz CT molecular complexity index is 1760. The average Bonchev–Trinajstić information content (AvgIpc) is 3.26. The number of benzene rings is 2. The Kier molecular flexibility index (Phi) is 9.13. The summed E-state index contributed by atoms with van der Waals surface area (Å²) in [6.45, 7) is 13.0. The van der Waals surface area contributed by atoms with E-state index in [0.717, 1.165) is 95.0 Å². The summed E-state index contributed by atoms with van der Waals surface area (Å²) in [5.41, 5.74) is 3.08. The Morgan fingerprint density at radius 2 is 1.98 bits per heavy atom. The van der Waals surface area contributed by atoms with Gasteiger partial charge in [-0.15, -0.1) is 0 Å². The van der Waals surface area contributed by atoms with E-state index in [2.05, 4.69) is 39.9 Å². The van der Waals surface area contributed by atoms with Gasteiger partial charge in [0.1, 0.15) is 17.2 Å². The Morgan fingerprint density at radius 3 is 2.81 bits per heavy atom. The second-order valence-electron chi connectivity index (χ2n) is 17.3. The molecule has 8 aliphatic rings. The standard InChI is InChI=1S/C42H54ClFN4O4/c1-26-19-45-40(49)28-6-10-38-37(18-28)48(23-41(25-52-38)11-3-4-33-35(41)8-9-36(43)39(33)44)20-29-5-7-34(29)42(50,31-16-30(17-31)27(26)2)24-46-12-13-47-14-15-51-22-32(47)21-46/h6,8-10,16,18,26-27,29-30,32,34,50H,3-5,7,11-15,17,19-25H2,1-2H3,(H,45,49)/t26-,27+,29-,30-,32-,34+,41-,42-/m0/s1. The minimum absolute atomic E-state index is 0.0724. The first-order valence-corrected chi connectivity index (χ1v) is 20.2. The van der Waals surface area contributed by atoms with Gasteiger partial charge < -0.3 is 24.8 Å². The molecule has 10 heteroatoms. The van der Waals surface area contributed by atoms with E-state index in [-0.39, 0.29) is 34.5 Å². The van der Waals surface area contributed by atoms with Gasteiger partial charge in [0, 0.05) is 69.4 Å². The van der Waals surface area contributed by atoms with Gasteiger partial charge in [0.05, 0.1) is 30.5 Å². The molecule has 4 bridgehead atoms. The summed E-state index contributed by atoms with van der Waals surface area (Å²) < 4.78 is 28.1. The van der Waals surface area contributed by atoms with Gasteiger partial charge in [-0.05, 0) is 109 Å². The normalized spacial score (nSPS) is 36.5. The molecule has 2 aromatic rings. The van der Waals surface area contributed by atoms with Crippen LogP contribution >= 0.6 is 11.6 Å². The number of fused-ring (bicyclic) bond motifs is 7. The molecular weight excluding hydrogens is 679 g/mol. The summed E-state index contributed by atoms with van der Waals surface area (Å²) in [6.07, 6.45) is 7.69. The second kappa shape index (κ2) is 13.6. The van der Waals surface area contributed by atoms with E-state index < -0.39 is 11.0 Å². The van der Waals surface area contributed by atoms with E-state index in [1.165, 1.54) is 5.57 Å². The van der Waals surface area contributed by atoms with Gasteiger partial charge in [0.2, 0.25) is 0 Å². The lowest BCUT2D eigenvalue weighted by molar-refractivity contribution is -0.1000. The molecule has 0 radical (unpaired) electrons. The van der Waals surface area contributed by atoms with Crippen LogP contribution in [0.1, 0.15) is 67.4 Å². The molecule has 1 amide bonds. The lowest BCUT2D eigenvalue weighted by atomic mass is 9.57. The van der Waals surface area contributed by atoms with Crippen LogP contribution in [-0.2, 0) is 16.6 Å². The number of amides is 1. The molecular formula is C42H54ClFN4O4. The van der Waals surface area contributed by atoms with Gasteiger partial charge in [-0.1, -0.05) is 37.6 Å². The second-order valence-corrected chi connectivity index (χ2v) is 17.8. The molecule has 52 heavy (non-hydrogen) atoms. The maximum atomic E-state index is 15.6. The minimum Gasteiger partial charge on any atom is -0.490 e. The monoisotopic (exact) mass is 732 g/mol. The van der Waals surface area contributed by atoms with Crippen LogP contribution in [-0.4, -0.2) is 105 Å². The third kappa shape index (κ3) is 5.98. The Morgan fingerprint density at radius 1 is 1.12 bits per heavy atom. The molecule has 2 saturated heterocycles. The van der Waals surface area contributed by atoms with Crippen molar-refractivity contribution in [1.29, 1.82) is 0 Å². The maximum Gasteiger partial charge on any atom is 0.251 e. The molecule has 3 aliphatic carbocycles. The van der Waals surface area contributed by atoms with E-state index >= 15 is 4.39 Å². The molecule has 0 aromatic heterocycles. The van der Waals surface area contributed by atoms with Crippen LogP contribution in [0.2, 0.25) is 5.02 Å². The summed E-state index contributed by atoms with van der Waals surface area (Å²) in [6, 6.07) is 9.91. The van der Waals surface area contributed by atoms with Gasteiger partial charge in [0.25, 0.3) is 5.91 Å². The van der Waals surface area contributed by atoms with Gasteiger partial charge >= 0.3 is 0 Å². The quantitative estimate of drug-likeness (QED) is 0.385. The van der Waals surface area contributed by atoms with Gasteiger partial charge in [-0.2, -0.15) is 0 Å². The molecule has 3 fully saturated rings. The van der Waals surface area contributed by atoms with Crippen molar-refractivity contribution < 1.29 is 23.8 Å². The fraction of sp³-hybridized carbons (Fsp3) is 0.643. The molecule has 280 valence electrons.